The SMILES string of the molecule is CC(=O)NCCN(C(C)C(=O)O)S(=O)(=O)c1cccc2cccnc12. The quantitative estimate of drug-likeness (QED) is 0.751. The molecule has 1 aromatic carbocycles. The number of amides is 1. The fourth-order valence-corrected chi connectivity index (χ4v) is 4.15. The lowest BCUT2D eigenvalue weighted by atomic mass is 10.2. The largest absolute Gasteiger partial charge is 0.480 e. The van der Waals surface area contributed by atoms with Gasteiger partial charge in [0, 0.05) is 31.6 Å². The molecule has 0 aliphatic heterocycles. The van der Waals surface area contributed by atoms with E-state index in [1.165, 1.54) is 26.1 Å². The monoisotopic (exact) mass is 365 g/mol. The topological polar surface area (TPSA) is 117 Å². The molecule has 1 unspecified atom stereocenters. The lowest BCUT2D eigenvalue weighted by Gasteiger charge is -2.26. The van der Waals surface area contributed by atoms with Gasteiger partial charge < -0.3 is 10.4 Å². The number of sulfonamides is 1. The Kier molecular flexibility index (Phi) is 5.70. The van der Waals surface area contributed by atoms with Gasteiger partial charge in [-0.05, 0) is 19.1 Å². The summed E-state index contributed by atoms with van der Waals surface area (Å²) in [6.45, 7) is 2.42. The first-order chi connectivity index (χ1) is 11.7. The summed E-state index contributed by atoms with van der Waals surface area (Å²) in [6.07, 6.45) is 1.48. The van der Waals surface area contributed by atoms with Crippen molar-refractivity contribution in [1.29, 1.82) is 0 Å². The molecule has 2 aromatic rings. The molecule has 0 aliphatic carbocycles. The van der Waals surface area contributed by atoms with Crippen LogP contribution in [-0.4, -0.2) is 53.8 Å². The van der Waals surface area contributed by atoms with E-state index in [1.807, 2.05) is 0 Å². The average molecular weight is 365 g/mol. The van der Waals surface area contributed by atoms with Gasteiger partial charge in [-0.15, -0.1) is 0 Å². The molecule has 1 heterocycles. The van der Waals surface area contributed by atoms with Crippen LogP contribution in [-0.2, 0) is 19.6 Å². The van der Waals surface area contributed by atoms with E-state index in [-0.39, 0.29) is 29.4 Å². The minimum atomic E-state index is -4.13. The van der Waals surface area contributed by atoms with E-state index in [9.17, 15) is 23.1 Å². The van der Waals surface area contributed by atoms with E-state index in [2.05, 4.69) is 10.3 Å². The molecule has 134 valence electrons. The molecule has 2 rings (SSSR count). The Labute approximate surface area is 145 Å². The van der Waals surface area contributed by atoms with E-state index < -0.39 is 22.0 Å². The molecule has 1 atom stereocenters. The van der Waals surface area contributed by atoms with E-state index in [4.69, 9.17) is 0 Å². The van der Waals surface area contributed by atoms with Crippen LogP contribution in [0.3, 0.4) is 0 Å². The number of nitrogens with one attached hydrogen (secondary N) is 1. The van der Waals surface area contributed by atoms with Gasteiger partial charge in [0.05, 0.1) is 5.52 Å². The fourth-order valence-electron chi connectivity index (χ4n) is 2.40. The second kappa shape index (κ2) is 7.58. The van der Waals surface area contributed by atoms with Crippen LogP contribution < -0.4 is 5.32 Å². The molecular formula is C16H19N3O5S. The number of rotatable bonds is 7. The number of benzene rings is 1. The van der Waals surface area contributed by atoms with E-state index in [1.54, 1.807) is 24.3 Å². The molecule has 0 saturated heterocycles. The van der Waals surface area contributed by atoms with Crippen LogP contribution in [0.15, 0.2) is 41.4 Å². The Morgan fingerprint density at radius 1 is 1.28 bits per heavy atom. The number of hydrogen-bond acceptors (Lipinski definition) is 5. The first-order valence-electron chi connectivity index (χ1n) is 7.58. The van der Waals surface area contributed by atoms with E-state index in [0.29, 0.717) is 5.39 Å². The lowest BCUT2D eigenvalue weighted by Crippen LogP contribution is -2.46. The molecule has 0 bridgehead atoms. The maximum absolute atomic E-state index is 13.1. The molecule has 2 N–H and O–H groups in total. The molecule has 25 heavy (non-hydrogen) atoms. The Hall–Kier alpha value is -2.52. The fraction of sp³-hybridized carbons (Fsp3) is 0.312. The molecule has 9 heteroatoms. The Morgan fingerprint density at radius 3 is 2.60 bits per heavy atom. The highest BCUT2D eigenvalue weighted by Crippen LogP contribution is 2.25. The molecule has 8 nitrogen and oxygen atoms in total. The predicted octanol–water partition coefficient (Wildman–Crippen LogP) is 0.835. The Balaban J connectivity index is 2.49. The molecule has 0 aliphatic rings. The number of nitrogens with zero attached hydrogens (tertiary/aromatic N) is 2. The maximum atomic E-state index is 13.1. The van der Waals surface area contributed by atoms with Crippen LogP contribution >= 0.6 is 0 Å². The summed E-state index contributed by atoms with van der Waals surface area (Å²) >= 11 is 0. The third-order valence-electron chi connectivity index (χ3n) is 3.68. The van der Waals surface area contributed by atoms with Gasteiger partial charge in [0.1, 0.15) is 10.9 Å². The lowest BCUT2D eigenvalue weighted by molar-refractivity contribution is -0.140. The zero-order chi connectivity index (χ0) is 18.6. The normalized spacial score (nSPS) is 12.9. The van der Waals surface area contributed by atoms with Crippen LogP contribution in [0.4, 0.5) is 0 Å². The second-order valence-corrected chi connectivity index (χ2v) is 7.30. The third kappa shape index (κ3) is 4.12. The number of fused-ring (bicyclic) bond motifs is 1. The van der Waals surface area contributed by atoms with Gasteiger partial charge in [0.25, 0.3) is 0 Å². The Morgan fingerprint density at radius 2 is 1.96 bits per heavy atom. The van der Waals surface area contributed by atoms with Crippen molar-refractivity contribution in [2.75, 3.05) is 13.1 Å². The molecule has 1 aromatic heterocycles. The van der Waals surface area contributed by atoms with Crippen molar-refractivity contribution < 1.29 is 23.1 Å². The van der Waals surface area contributed by atoms with Gasteiger partial charge in [-0.3, -0.25) is 14.6 Å². The molecule has 0 fully saturated rings. The van der Waals surface area contributed by atoms with Crippen molar-refractivity contribution >= 4 is 32.8 Å². The zero-order valence-electron chi connectivity index (χ0n) is 13.8. The predicted molar refractivity (Wildman–Crippen MR) is 91.4 cm³/mol. The summed E-state index contributed by atoms with van der Waals surface area (Å²) in [7, 11) is -4.13. The van der Waals surface area contributed by atoms with E-state index in [0.717, 1.165) is 4.31 Å². The molecule has 0 spiro atoms. The van der Waals surface area contributed by atoms with Gasteiger partial charge in [-0.1, -0.05) is 18.2 Å². The molecule has 0 saturated carbocycles. The minimum Gasteiger partial charge on any atom is -0.480 e. The smallest absolute Gasteiger partial charge is 0.321 e. The van der Waals surface area contributed by atoms with Gasteiger partial charge in [-0.2, -0.15) is 4.31 Å². The van der Waals surface area contributed by atoms with Crippen LogP contribution in [0.2, 0.25) is 0 Å². The number of carbonyl (C=O) groups is 2. The number of carboxylic acids is 1. The number of carbonyl (C=O) groups excluding carboxylic acids is 1. The first-order valence-corrected chi connectivity index (χ1v) is 9.02. The van der Waals surface area contributed by atoms with Crippen LogP contribution in [0.1, 0.15) is 13.8 Å². The summed E-state index contributed by atoms with van der Waals surface area (Å²) in [4.78, 5) is 26.4. The van der Waals surface area contributed by atoms with Gasteiger partial charge in [0.15, 0.2) is 0 Å². The highest BCUT2D eigenvalue weighted by Gasteiger charge is 2.34. The number of para-hydroxylation sites is 1. The van der Waals surface area contributed by atoms with Gasteiger partial charge in [-0.25, -0.2) is 8.42 Å². The highest BCUT2D eigenvalue weighted by molar-refractivity contribution is 7.89. The number of aliphatic carboxylic acids is 1. The van der Waals surface area contributed by atoms with Crippen LogP contribution in [0.25, 0.3) is 10.9 Å². The highest BCUT2D eigenvalue weighted by atomic mass is 32.2. The summed E-state index contributed by atoms with van der Waals surface area (Å²) in [5.41, 5.74) is 0.270. The molecule has 0 radical (unpaired) electrons. The van der Waals surface area contributed by atoms with Crippen molar-refractivity contribution in [3.63, 3.8) is 0 Å². The standard InChI is InChI=1S/C16H19N3O5S/c1-11(16(21)22)19(10-9-17-12(2)20)25(23,24)14-7-3-5-13-6-4-8-18-15(13)14/h3-8,11H,9-10H2,1-2H3,(H,17,20)(H,21,22). The Bertz CT molecular complexity index is 892. The summed E-state index contributed by atoms with van der Waals surface area (Å²) < 4.78 is 27.0. The zero-order valence-corrected chi connectivity index (χ0v) is 14.7. The average Bonchev–Trinajstić information content (AvgIpc) is 2.57. The van der Waals surface area contributed by atoms with Crippen molar-refractivity contribution in [2.24, 2.45) is 0 Å². The second-order valence-electron chi connectivity index (χ2n) is 5.44. The van der Waals surface area contributed by atoms with E-state index >= 15 is 0 Å². The third-order valence-corrected chi connectivity index (χ3v) is 5.68. The summed E-state index contributed by atoms with van der Waals surface area (Å²) in [5, 5.41) is 12.4. The van der Waals surface area contributed by atoms with Crippen LogP contribution in [0, 0.1) is 0 Å². The first kappa shape index (κ1) is 18.8. The number of carboxylic acid groups (broad SMARTS) is 1. The summed E-state index contributed by atoms with van der Waals surface area (Å²) in [6, 6.07) is 6.82. The van der Waals surface area contributed by atoms with Crippen molar-refractivity contribution in [2.45, 2.75) is 24.8 Å². The van der Waals surface area contributed by atoms with Gasteiger partial charge in [0.2, 0.25) is 15.9 Å². The van der Waals surface area contributed by atoms with Crippen LogP contribution in [0.5, 0.6) is 0 Å². The van der Waals surface area contributed by atoms with Crippen molar-refractivity contribution in [3.05, 3.63) is 36.5 Å². The van der Waals surface area contributed by atoms with Crippen molar-refractivity contribution in [1.82, 2.24) is 14.6 Å². The molecule has 1 amide bonds. The maximum Gasteiger partial charge on any atom is 0.321 e. The number of hydrogen-bond donors (Lipinski definition) is 2. The van der Waals surface area contributed by atoms with Gasteiger partial charge >= 0.3 is 5.97 Å². The number of pyridine rings is 1. The van der Waals surface area contributed by atoms with Crippen molar-refractivity contribution in [3.8, 4) is 0 Å². The molecular weight excluding hydrogens is 346 g/mol. The summed E-state index contributed by atoms with van der Waals surface area (Å²) in [5.74, 6) is -1.60. The number of aromatic nitrogens is 1. The minimum absolute atomic E-state index is 0.00434.